The number of aromatic nitrogens is 1. The molecule has 0 spiro atoms. The molecule has 0 aliphatic carbocycles. The van der Waals surface area contributed by atoms with Gasteiger partial charge in [-0.15, -0.1) is 0 Å². The molecule has 3 fully saturated rings. The average Bonchev–Trinajstić information content (AvgIpc) is 3.73. The summed E-state index contributed by atoms with van der Waals surface area (Å²) >= 11 is 0. The van der Waals surface area contributed by atoms with E-state index in [9.17, 15) is 33.9 Å². The number of hydrogen-bond donors (Lipinski definition) is 6. The van der Waals surface area contributed by atoms with Crippen LogP contribution < -0.4 is 21.7 Å². The van der Waals surface area contributed by atoms with E-state index in [-0.39, 0.29) is 57.9 Å². The number of likely N-dealkylation sites (tertiary alicyclic amines) is 1. The second kappa shape index (κ2) is 16.4. The Bertz CT molecular complexity index is 1790. The lowest BCUT2D eigenvalue weighted by atomic mass is 9.95. The van der Waals surface area contributed by atoms with E-state index in [0.717, 1.165) is 22.0 Å². The Balaban J connectivity index is 1.29. The van der Waals surface area contributed by atoms with E-state index < -0.39 is 59.7 Å². The smallest absolute Gasteiger partial charge is 0.246 e. The number of amides is 6. The summed E-state index contributed by atoms with van der Waals surface area (Å²) in [6.45, 7) is 0.581. The molecule has 52 heavy (non-hydrogen) atoms. The fraction of sp³-hybridized carbons (Fsp3) is 0.459. The van der Waals surface area contributed by atoms with Crippen LogP contribution in [0.25, 0.3) is 10.9 Å². The molecule has 276 valence electrons. The Kier molecular flexibility index (Phi) is 11.5. The summed E-state index contributed by atoms with van der Waals surface area (Å²) in [7, 11) is 0. The third-order valence-electron chi connectivity index (χ3n) is 10.2. The van der Waals surface area contributed by atoms with Gasteiger partial charge in [-0.1, -0.05) is 48.5 Å². The van der Waals surface area contributed by atoms with Crippen molar-refractivity contribution in [3.8, 4) is 0 Å². The first-order chi connectivity index (χ1) is 25.0. The van der Waals surface area contributed by atoms with Crippen LogP contribution in [0.2, 0.25) is 0 Å². The van der Waals surface area contributed by atoms with Crippen LogP contribution in [-0.2, 0) is 41.6 Å². The standard InChI is InChI=1S/C37H46N8O7/c38-32(47)21-43-13-10-24(11-14-43)36(51)44-15-12-39-34(49)29(16-23-6-2-1-3-7-23)42-35(50)31-18-26(46)20-45(31)37(52)30(41-33(48)22-44)17-25-19-40-28-9-5-4-8-27(25)28/h1-9,19,24,26,29-31,40,46H,10-18,20-22H2,(H2,38,47)(H,39,49)(H,41,48)(H,42,50)/t26-,29+,30-,31+/m1/s1. The van der Waals surface area contributed by atoms with Crippen LogP contribution in [0.3, 0.4) is 0 Å². The number of fused-ring (bicyclic) bond motifs is 2. The van der Waals surface area contributed by atoms with Crippen molar-refractivity contribution in [2.24, 2.45) is 11.7 Å². The maximum Gasteiger partial charge on any atom is 0.246 e. The number of hydrogen-bond acceptors (Lipinski definition) is 8. The summed E-state index contributed by atoms with van der Waals surface area (Å²) in [5.74, 6) is -3.37. The Morgan fingerprint density at radius 1 is 0.865 bits per heavy atom. The van der Waals surface area contributed by atoms with E-state index in [1.54, 1.807) is 6.20 Å². The molecule has 3 aliphatic rings. The van der Waals surface area contributed by atoms with Gasteiger partial charge in [0.2, 0.25) is 35.4 Å². The van der Waals surface area contributed by atoms with Crippen LogP contribution in [0.1, 0.15) is 30.4 Å². The topological polar surface area (TPSA) is 210 Å². The molecule has 4 atom stereocenters. The van der Waals surface area contributed by atoms with Crippen molar-refractivity contribution in [3.63, 3.8) is 0 Å². The summed E-state index contributed by atoms with van der Waals surface area (Å²) in [5, 5.41) is 20.1. The summed E-state index contributed by atoms with van der Waals surface area (Å²) in [4.78, 5) is 88.8. The Labute approximate surface area is 301 Å². The van der Waals surface area contributed by atoms with Crippen molar-refractivity contribution in [3.05, 3.63) is 71.9 Å². The molecule has 3 aromatic rings. The number of H-pyrrole nitrogens is 1. The Hall–Kier alpha value is -5.28. The van der Waals surface area contributed by atoms with Crippen molar-refractivity contribution in [2.75, 3.05) is 45.8 Å². The van der Waals surface area contributed by atoms with Crippen molar-refractivity contribution in [1.82, 2.24) is 35.6 Å². The molecule has 0 bridgehead atoms. The number of aliphatic hydroxyl groups is 1. The second-order valence-electron chi connectivity index (χ2n) is 13.9. The van der Waals surface area contributed by atoms with Crippen molar-refractivity contribution in [2.45, 2.75) is 56.3 Å². The molecule has 4 heterocycles. The zero-order chi connectivity index (χ0) is 36.8. The van der Waals surface area contributed by atoms with E-state index in [1.165, 1.54) is 9.80 Å². The van der Waals surface area contributed by atoms with Crippen LogP contribution in [0.5, 0.6) is 0 Å². The summed E-state index contributed by atoms with van der Waals surface area (Å²) in [6, 6.07) is 13.5. The number of aromatic amines is 1. The number of aliphatic hydroxyl groups excluding tert-OH is 1. The molecular weight excluding hydrogens is 668 g/mol. The number of primary amides is 1. The van der Waals surface area contributed by atoms with Crippen LogP contribution in [-0.4, -0.2) is 130 Å². The van der Waals surface area contributed by atoms with Crippen molar-refractivity contribution >= 4 is 46.3 Å². The first kappa shape index (κ1) is 36.5. The normalized spacial score (nSPS) is 24.4. The SMILES string of the molecule is NC(=O)CN1CCC(C(=O)N2CCNC(=O)[C@H](Cc3ccccc3)NC(=O)[C@@H]3C[C@@H](O)CN3C(=O)[C@@H](Cc3c[nH]c4ccccc34)NC(=O)C2)CC1. The summed E-state index contributed by atoms with van der Waals surface area (Å²) < 4.78 is 0. The lowest BCUT2D eigenvalue weighted by Gasteiger charge is -2.34. The number of piperidine rings is 1. The highest BCUT2D eigenvalue weighted by atomic mass is 16.3. The monoisotopic (exact) mass is 714 g/mol. The van der Waals surface area contributed by atoms with Gasteiger partial charge in [0.1, 0.15) is 18.1 Å². The number of benzene rings is 2. The van der Waals surface area contributed by atoms with Gasteiger partial charge >= 0.3 is 0 Å². The fourth-order valence-electron chi connectivity index (χ4n) is 7.49. The van der Waals surface area contributed by atoms with E-state index in [1.807, 2.05) is 59.5 Å². The molecular formula is C37H46N8O7. The van der Waals surface area contributed by atoms with Crippen molar-refractivity contribution in [1.29, 1.82) is 0 Å². The summed E-state index contributed by atoms with van der Waals surface area (Å²) in [5.41, 5.74) is 7.78. The number of carbonyl (C=O) groups excluding carboxylic acids is 6. The van der Waals surface area contributed by atoms with Gasteiger partial charge in [0.25, 0.3) is 0 Å². The van der Waals surface area contributed by atoms with Crippen LogP contribution in [0, 0.1) is 5.92 Å². The van der Waals surface area contributed by atoms with Gasteiger partial charge in [-0.3, -0.25) is 33.7 Å². The van der Waals surface area contributed by atoms with Gasteiger partial charge in [-0.05, 0) is 43.1 Å². The molecule has 6 rings (SSSR count). The maximum atomic E-state index is 14.4. The Morgan fingerprint density at radius 2 is 1.60 bits per heavy atom. The minimum Gasteiger partial charge on any atom is -0.391 e. The first-order valence-corrected chi connectivity index (χ1v) is 17.8. The highest BCUT2D eigenvalue weighted by molar-refractivity contribution is 5.96. The number of carbonyl (C=O) groups is 6. The maximum absolute atomic E-state index is 14.4. The molecule has 6 amide bonds. The van der Waals surface area contributed by atoms with E-state index in [0.29, 0.717) is 25.9 Å². The molecule has 0 saturated carbocycles. The third-order valence-corrected chi connectivity index (χ3v) is 10.2. The number of rotatable bonds is 7. The van der Waals surface area contributed by atoms with E-state index in [2.05, 4.69) is 20.9 Å². The fourth-order valence-corrected chi connectivity index (χ4v) is 7.49. The third kappa shape index (κ3) is 8.77. The van der Waals surface area contributed by atoms with Crippen molar-refractivity contribution < 1.29 is 33.9 Å². The molecule has 1 aromatic heterocycles. The number of nitrogens with zero attached hydrogens (tertiary/aromatic N) is 3. The van der Waals surface area contributed by atoms with Crippen LogP contribution in [0.15, 0.2) is 60.8 Å². The predicted octanol–water partition coefficient (Wildman–Crippen LogP) is -0.960. The zero-order valence-corrected chi connectivity index (χ0v) is 29.0. The molecule has 15 heteroatoms. The molecule has 0 unspecified atom stereocenters. The first-order valence-electron chi connectivity index (χ1n) is 17.8. The highest BCUT2D eigenvalue weighted by Crippen LogP contribution is 2.24. The van der Waals surface area contributed by atoms with E-state index >= 15 is 0 Å². The van der Waals surface area contributed by atoms with Gasteiger partial charge in [-0.25, -0.2) is 0 Å². The lowest BCUT2D eigenvalue weighted by Crippen LogP contribution is -2.57. The number of nitrogens with two attached hydrogens (primary N) is 1. The van der Waals surface area contributed by atoms with Gasteiger partial charge in [-0.2, -0.15) is 0 Å². The van der Waals surface area contributed by atoms with Crippen LogP contribution in [0.4, 0.5) is 0 Å². The van der Waals surface area contributed by atoms with Gasteiger partial charge < -0.3 is 41.6 Å². The second-order valence-corrected chi connectivity index (χ2v) is 13.9. The minimum absolute atomic E-state index is 0.00546. The highest BCUT2D eigenvalue weighted by Gasteiger charge is 2.43. The summed E-state index contributed by atoms with van der Waals surface area (Å²) in [6.07, 6.45) is 1.91. The quantitative estimate of drug-likeness (QED) is 0.179. The van der Waals surface area contributed by atoms with Gasteiger partial charge in [0.05, 0.1) is 19.2 Å². The van der Waals surface area contributed by atoms with E-state index in [4.69, 9.17) is 5.73 Å². The average molecular weight is 715 g/mol. The largest absolute Gasteiger partial charge is 0.391 e. The van der Waals surface area contributed by atoms with Crippen LogP contribution >= 0.6 is 0 Å². The van der Waals surface area contributed by atoms with Gasteiger partial charge in [0, 0.05) is 61.9 Å². The lowest BCUT2D eigenvalue weighted by molar-refractivity contribution is -0.143. The molecule has 2 aromatic carbocycles. The minimum atomic E-state index is -1.13. The molecule has 7 N–H and O–H groups in total. The molecule has 3 aliphatic heterocycles. The Morgan fingerprint density at radius 3 is 2.35 bits per heavy atom. The number of para-hydroxylation sites is 1. The zero-order valence-electron chi connectivity index (χ0n) is 29.0. The molecule has 3 saturated heterocycles. The van der Waals surface area contributed by atoms with Gasteiger partial charge in [0.15, 0.2) is 0 Å². The predicted molar refractivity (Wildman–Crippen MR) is 190 cm³/mol. The molecule has 15 nitrogen and oxygen atoms in total. The molecule has 0 radical (unpaired) electrons. The number of nitrogens with one attached hydrogen (secondary N) is 4.